The molecule has 0 spiro atoms. The maximum Gasteiger partial charge on any atom is 0.244 e. The van der Waals surface area contributed by atoms with Gasteiger partial charge in [0.15, 0.2) is 0 Å². The van der Waals surface area contributed by atoms with Gasteiger partial charge in [0.05, 0.1) is 4.90 Å². The number of aryl methyl sites for hydroxylation is 1. The molecule has 7 nitrogen and oxygen atoms in total. The number of benzene rings is 2. The highest BCUT2D eigenvalue weighted by molar-refractivity contribution is 7.89. The summed E-state index contributed by atoms with van der Waals surface area (Å²) in [6, 6.07) is 15.5. The van der Waals surface area contributed by atoms with E-state index in [0.717, 1.165) is 11.1 Å². The molecule has 1 N–H and O–H groups in total. The van der Waals surface area contributed by atoms with Crippen LogP contribution in [0.2, 0.25) is 0 Å². The van der Waals surface area contributed by atoms with Crippen molar-refractivity contribution in [2.75, 3.05) is 11.9 Å². The lowest BCUT2D eigenvalue weighted by atomic mass is 10.2. The molecule has 150 valence electrons. The lowest BCUT2D eigenvalue weighted by Gasteiger charge is -2.23. The van der Waals surface area contributed by atoms with E-state index in [4.69, 9.17) is 0 Å². The van der Waals surface area contributed by atoms with E-state index in [9.17, 15) is 13.2 Å². The van der Waals surface area contributed by atoms with Gasteiger partial charge in [-0.1, -0.05) is 59.4 Å². The number of aromatic nitrogens is 2. The molecule has 1 fully saturated rings. The Kier molecular flexibility index (Phi) is 5.44. The van der Waals surface area contributed by atoms with Crippen molar-refractivity contribution >= 4 is 32.4 Å². The van der Waals surface area contributed by atoms with Crippen molar-refractivity contribution in [3.05, 3.63) is 60.2 Å². The number of anilines is 1. The van der Waals surface area contributed by atoms with Crippen LogP contribution in [0.25, 0.3) is 10.6 Å². The van der Waals surface area contributed by atoms with Crippen LogP contribution in [0, 0.1) is 6.92 Å². The van der Waals surface area contributed by atoms with Gasteiger partial charge in [-0.15, -0.1) is 10.2 Å². The fourth-order valence-corrected chi connectivity index (χ4v) is 5.70. The van der Waals surface area contributed by atoms with Crippen LogP contribution < -0.4 is 5.32 Å². The first kappa shape index (κ1) is 19.7. The SMILES string of the molecule is Cc1ccc(S(=O)(=O)N2CCC[C@H]2C(=O)Nc2nnc(-c3ccccc3)s2)cc1. The van der Waals surface area contributed by atoms with Crippen molar-refractivity contribution in [3.63, 3.8) is 0 Å². The van der Waals surface area contributed by atoms with Crippen LogP contribution in [0.1, 0.15) is 18.4 Å². The van der Waals surface area contributed by atoms with Crippen LogP contribution in [0.5, 0.6) is 0 Å². The molecule has 0 radical (unpaired) electrons. The molecule has 0 bridgehead atoms. The Hall–Kier alpha value is -2.62. The van der Waals surface area contributed by atoms with Crippen molar-refractivity contribution in [3.8, 4) is 10.6 Å². The molecule has 0 unspecified atom stereocenters. The van der Waals surface area contributed by atoms with Gasteiger partial charge in [-0.3, -0.25) is 10.1 Å². The highest BCUT2D eigenvalue weighted by atomic mass is 32.2. The van der Waals surface area contributed by atoms with Crippen LogP contribution in [0.15, 0.2) is 59.5 Å². The summed E-state index contributed by atoms with van der Waals surface area (Å²) >= 11 is 1.26. The standard InChI is InChI=1S/C20H20N4O3S2/c1-14-9-11-16(12-10-14)29(26,27)24-13-5-8-17(24)18(25)21-20-23-22-19(28-20)15-6-3-2-4-7-15/h2-4,6-7,9-12,17H,5,8,13H2,1H3,(H,21,23,25)/t17-/m0/s1. The fraction of sp³-hybridized carbons (Fsp3) is 0.250. The average molecular weight is 429 g/mol. The highest BCUT2D eigenvalue weighted by Crippen LogP contribution is 2.29. The van der Waals surface area contributed by atoms with Gasteiger partial charge in [0.25, 0.3) is 0 Å². The molecule has 1 aliphatic heterocycles. The molecule has 1 atom stereocenters. The van der Waals surface area contributed by atoms with E-state index in [1.807, 2.05) is 37.3 Å². The van der Waals surface area contributed by atoms with Gasteiger partial charge in [-0.25, -0.2) is 8.42 Å². The summed E-state index contributed by atoms with van der Waals surface area (Å²) in [4.78, 5) is 13.0. The third kappa shape index (κ3) is 4.07. The molecule has 2 aromatic carbocycles. The van der Waals surface area contributed by atoms with Crippen LogP contribution in [-0.4, -0.2) is 41.4 Å². The van der Waals surface area contributed by atoms with Gasteiger partial charge in [0, 0.05) is 12.1 Å². The van der Waals surface area contributed by atoms with E-state index in [0.29, 0.717) is 29.5 Å². The minimum Gasteiger partial charge on any atom is -0.299 e. The number of nitrogens with zero attached hydrogens (tertiary/aromatic N) is 3. The summed E-state index contributed by atoms with van der Waals surface area (Å²) in [5.41, 5.74) is 1.89. The molecule has 3 aromatic rings. The maximum atomic E-state index is 13.0. The monoisotopic (exact) mass is 428 g/mol. The van der Waals surface area contributed by atoms with E-state index < -0.39 is 16.1 Å². The lowest BCUT2D eigenvalue weighted by Crippen LogP contribution is -2.43. The minimum absolute atomic E-state index is 0.199. The number of nitrogens with one attached hydrogen (secondary N) is 1. The van der Waals surface area contributed by atoms with Gasteiger partial charge in [-0.2, -0.15) is 4.31 Å². The summed E-state index contributed by atoms with van der Waals surface area (Å²) in [6.45, 7) is 2.22. The fourth-order valence-electron chi connectivity index (χ4n) is 3.30. The molecular weight excluding hydrogens is 408 g/mol. The van der Waals surface area contributed by atoms with Crippen molar-refractivity contribution in [2.45, 2.75) is 30.7 Å². The van der Waals surface area contributed by atoms with Crippen molar-refractivity contribution in [1.82, 2.24) is 14.5 Å². The number of hydrogen-bond donors (Lipinski definition) is 1. The zero-order chi connectivity index (χ0) is 20.4. The summed E-state index contributed by atoms with van der Waals surface area (Å²) in [7, 11) is -3.74. The molecule has 9 heteroatoms. The molecule has 2 heterocycles. The van der Waals surface area contributed by atoms with E-state index in [2.05, 4.69) is 15.5 Å². The first-order chi connectivity index (χ1) is 13.9. The zero-order valence-electron chi connectivity index (χ0n) is 15.8. The second-order valence-corrected chi connectivity index (χ2v) is 9.72. The Morgan fingerprint density at radius 2 is 1.83 bits per heavy atom. The lowest BCUT2D eigenvalue weighted by molar-refractivity contribution is -0.119. The highest BCUT2D eigenvalue weighted by Gasteiger charge is 2.39. The minimum atomic E-state index is -3.74. The van der Waals surface area contributed by atoms with Gasteiger partial charge in [0.1, 0.15) is 11.0 Å². The van der Waals surface area contributed by atoms with Crippen molar-refractivity contribution in [1.29, 1.82) is 0 Å². The van der Waals surface area contributed by atoms with Gasteiger partial charge < -0.3 is 0 Å². The van der Waals surface area contributed by atoms with Gasteiger partial charge in [0.2, 0.25) is 21.1 Å². The third-order valence-corrected chi connectivity index (χ3v) is 7.62. The Balaban J connectivity index is 1.51. The maximum absolute atomic E-state index is 13.0. The topological polar surface area (TPSA) is 92.3 Å². The van der Waals surface area contributed by atoms with Gasteiger partial charge in [-0.05, 0) is 31.9 Å². The Morgan fingerprint density at radius 1 is 1.10 bits per heavy atom. The Bertz CT molecular complexity index is 1110. The number of carbonyl (C=O) groups is 1. The molecule has 1 amide bonds. The predicted molar refractivity (Wildman–Crippen MR) is 112 cm³/mol. The first-order valence-corrected chi connectivity index (χ1v) is 11.5. The second-order valence-electron chi connectivity index (χ2n) is 6.85. The number of sulfonamides is 1. The molecule has 0 aliphatic carbocycles. The summed E-state index contributed by atoms with van der Waals surface area (Å²) in [5.74, 6) is -0.381. The average Bonchev–Trinajstić information content (AvgIpc) is 3.39. The summed E-state index contributed by atoms with van der Waals surface area (Å²) in [5, 5.41) is 11.9. The molecule has 4 rings (SSSR count). The summed E-state index contributed by atoms with van der Waals surface area (Å²) in [6.07, 6.45) is 1.11. The number of rotatable bonds is 5. The number of amides is 1. The third-order valence-electron chi connectivity index (χ3n) is 4.81. The van der Waals surface area contributed by atoms with Crippen LogP contribution in [0.3, 0.4) is 0 Å². The molecule has 1 aliphatic rings. The van der Waals surface area contributed by atoms with E-state index in [1.54, 1.807) is 24.3 Å². The van der Waals surface area contributed by atoms with E-state index >= 15 is 0 Å². The van der Waals surface area contributed by atoms with Gasteiger partial charge >= 0.3 is 0 Å². The van der Waals surface area contributed by atoms with E-state index in [1.165, 1.54) is 15.6 Å². The molecule has 1 saturated heterocycles. The van der Waals surface area contributed by atoms with Crippen molar-refractivity contribution < 1.29 is 13.2 Å². The quantitative estimate of drug-likeness (QED) is 0.673. The molecular formula is C20H20N4O3S2. The van der Waals surface area contributed by atoms with E-state index in [-0.39, 0.29) is 10.8 Å². The Morgan fingerprint density at radius 3 is 2.55 bits per heavy atom. The molecule has 0 saturated carbocycles. The van der Waals surface area contributed by atoms with Crippen LogP contribution >= 0.6 is 11.3 Å². The smallest absolute Gasteiger partial charge is 0.244 e. The predicted octanol–water partition coefficient (Wildman–Crippen LogP) is 3.31. The Labute approximate surface area is 173 Å². The van der Waals surface area contributed by atoms with Crippen LogP contribution in [-0.2, 0) is 14.8 Å². The second kappa shape index (κ2) is 8.02. The molecule has 1 aromatic heterocycles. The molecule has 29 heavy (non-hydrogen) atoms. The number of carbonyl (C=O) groups excluding carboxylic acids is 1. The van der Waals surface area contributed by atoms with Crippen molar-refractivity contribution in [2.24, 2.45) is 0 Å². The zero-order valence-corrected chi connectivity index (χ0v) is 17.4. The van der Waals surface area contributed by atoms with Crippen LogP contribution in [0.4, 0.5) is 5.13 Å². The largest absolute Gasteiger partial charge is 0.299 e. The summed E-state index contributed by atoms with van der Waals surface area (Å²) < 4.78 is 27.3. The first-order valence-electron chi connectivity index (χ1n) is 9.23. The normalized spacial score (nSPS) is 17.3. The number of hydrogen-bond acceptors (Lipinski definition) is 6.